The second-order valence-electron chi connectivity index (χ2n) is 10.7. The summed E-state index contributed by atoms with van der Waals surface area (Å²) < 4.78 is 37.9. The van der Waals surface area contributed by atoms with Crippen molar-refractivity contribution in [2.45, 2.75) is 58.5 Å². The van der Waals surface area contributed by atoms with Crippen molar-refractivity contribution in [3.05, 3.63) is 53.6 Å². The second-order valence-corrected chi connectivity index (χ2v) is 12.7. The molecule has 34 heavy (non-hydrogen) atoms. The maximum atomic E-state index is 12.8. The molecule has 1 heterocycles. The van der Waals surface area contributed by atoms with Crippen LogP contribution in [0, 0.1) is 0 Å². The van der Waals surface area contributed by atoms with Crippen LogP contribution in [0.2, 0.25) is 0 Å². The lowest BCUT2D eigenvalue weighted by Crippen LogP contribution is -2.51. The molecule has 8 heteroatoms. The molecule has 2 aromatic carbocycles. The van der Waals surface area contributed by atoms with E-state index in [1.165, 1.54) is 9.87 Å². The van der Waals surface area contributed by atoms with Gasteiger partial charge in [0.1, 0.15) is 18.1 Å². The van der Waals surface area contributed by atoms with E-state index in [-0.39, 0.29) is 36.4 Å². The summed E-state index contributed by atoms with van der Waals surface area (Å²) in [6.45, 7) is 13.1. The largest absolute Gasteiger partial charge is 0.492 e. The van der Waals surface area contributed by atoms with Gasteiger partial charge in [0.15, 0.2) is 6.10 Å². The molecule has 0 spiro atoms. The lowest BCUT2D eigenvalue weighted by molar-refractivity contribution is -0.127. The monoisotopic (exact) mass is 488 g/mol. The number of fused-ring (bicyclic) bond motifs is 1. The molecule has 0 aromatic heterocycles. The standard InChI is InChI=1S/C26H36N2O5S/c1-25(2,3)18-8-11-20(12-9-18)32-15-14-27-24(29)23-17-28(34(7,30)31)21-16-19(26(4,5)6)10-13-22(21)33-23/h8-13,16,23H,14-15,17H2,1-7H3,(H,27,29)/t23-/m0/s1. The van der Waals surface area contributed by atoms with E-state index in [1.54, 1.807) is 6.07 Å². The molecular formula is C26H36N2O5S. The summed E-state index contributed by atoms with van der Waals surface area (Å²) in [5.41, 5.74) is 2.58. The first-order valence-electron chi connectivity index (χ1n) is 11.5. The number of benzene rings is 2. The summed E-state index contributed by atoms with van der Waals surface area (Å²) >= 11 is 0. The lowest BCUT2D eigenvalue weighted by atomic mass is 9.86. The molecule has 0 saturated heterocycles. The highest BCUT2D eigenvalue weighted by molar-refractivity contribution is 7.92. The van der Waals surface area contributed by atoms with Crippen molar-refractivity contribution >= 4 is 21.6 Å². The highest BCUT2D eigenvalue weighted by Gasteiger charge is 2.35. The Hall–Kier alpha value is -2.74. The number of ether oxygens (including phenoxy) is 2. The maximum absolute atomic E-state index is 12.8. The van der Waals surface area contributed by atoms with Gasteiger partial charge in [0.25, 0.3) is 5.91 Å². The van der Waals surface area contributed by atoms with E-state index >= 15 is 0 Å². The molecule has 0 saturated carbocycles. The minimum absolute atomic E-state index is 0.0687. The topological polar surface area (TPSA) is 84.9 Å². The van der Waals surface area contributed by atoms with Crippen LogP contribution in [-0.2, 0) is 25.6 Å². The Bertz CT molecular complexity index is 1130. The van der Waals surface area contributed by atoms with E-state index in [2.05, 4.69) is 46.9 Å². The van der Waals surface area contributed by atoms with Crippen molar-refractivity contribution in [3.63, 3.8) is 0 Å². The first-order chi connectivity index (χ1) is 15.7. The van der Waals surface area contributed by atoms with Crippen LogP contribution in [0.15, 0.2) is 42.5 Å². The number of amides is 1. The van der Waals surface area contributed by atoms with E-state index in [9.17, 15) is 13.2 Å². The average molecular weight is 489 g/mol. The summed E-state index contributed by atoms with van der Waals surface area (Å²) in [6, 6.07) is 13.4. The van der Waals surface area contributed by atoms with Gasteiger partial charge in [0, 0.05) is 0 Å². The van der Waals surface area contributed by atoms with E-state index in [4.69, 9.17) is 9.47 Å². The zero-order valence-corrected chi connectivity index (χ0v) is 22.0. The first-order valence-corrected chi connectivity index (χ1v) is 13.3. The Balaban J connectivity index is 1.62. The summed E-state index contributed by atoms with van der Waals surface area (Å²) in [7, 11) is -3.59. The maximum Gasteiger partial charge on any atom is 0.263 e. The van der Waals surface area contributed by atoms with Crippen LogP contribution in [0.25, 0.3) is 0 Å². The van der Waals surface area contributed by atoms with E-state index in [1.807, 2.05) is 36.4 Å². The van der Waals surface area contributed by atoms with Crippen LogP contribution in [-0.4, -0.2) is 46.4 Å². The number of sulfonamides is 1. The molecule has 0 radical (unpaired) electrons. The Kier molecular flexibility index (Phi) is 7.22. The van der Waals surface area contributed by atoms with Gasteiger partial charge in [0.2, 0.25) is 10.0 Å². The number of hydrogen-bond acceptors (Lipinski definition) is 5. The fourth-order valence-corrected chi connectivity index (χ4v) is 4.58. The van der Waals surface area contributed by atoms with Crippen molar-refractivity contribution in [1.29, 1.82) is 0 Å². The van der Waals surface area contributed by atoms with Crippen molar-refractivity contribution in [3.8, 4) is 11.5 Å². The third kappa shape index (κ3) is 6.23. The smallest absolute Gasteiger partial charge is 0.263 e. The number of nitrogens with one attached hydrogen (secondary N) is 1. The molecule has 186 valence electrons. The predicted octanol–water partition coefficient (Wildman–Crippen LogP) is 4.00. The van der Waals surface area contributed by atoms with Gasteiger partial charge in [-0.1, -0.05) is 59.7 Å². The van der Waals surface area contributed by atoms with E-state index in [0.29, 0.717) is 11.4 Å². The minimum atomic E-state index is -3.59. The first kappa shape index (κ1) is 25.9. The molecule has 3 rings (SSSR count). The Morgan fingerprint density at radius 2 is 1.62 bits per heavy atom. The normalized spacial score (nSPS) is 16.4. The Morgan fingerprint density at radius 1 is 1.03 bits per heavy atom. The van der Waals surface area contributed by atoms with Crippen molar-refractivity contribution < 1.29 is 22.7 Å². The molecule has 0 aliphatic carbocycles. The molecule has 1 aliphatic rings. The SMILES string of the molecule is CC(C)(C)c1ccc(OCCNC(=O)[C@@H]2CN(S(C)(=O)=O)c3cc(C(C)(C)C)ccc3O2)cc1. The predicted molar refractivity (Wildman–Crippen MR) is 135 cm³/mol. The molecule has 2 aromatic rings. The number of rotatable bonds is 6. The van der Waals surface area contributed by atoms with E-state index < -0.39 is 16.1 Å². The summed E-state index contributed by atoms with van der Waals surface area (Å²) in [6.07, 6.45) is 0.188. The molecule has 0 unspecified atom stereocenters. The van der Waals surface area contributed by atoms with Crippen LogP contribution >= 0.6 is 0 Å². The molecule has 1 N–H and O–H groups in total. The van der Waals surface area contributed by atoms with Crippen LogP contribution in [0.1, 0.15) is 52.7 Å². The fraction of sp³-hybridized carbons (Fsp3) is 0.500. The minimum Gasteiger partial charge on any atom is -0.492 e. The summed E-state index contributed by atoms with van der Waals surface area (Å²) in [5.74, 6) is 0.717. The summed E-state index contributed by atoms with van der Waals surface area (Å²) in [5, 5.41) is 2.79. The number of hydrogen-bond donors (Lipinski definition) is 1. The second kappa shape index (κ2) is 9.49. The van der Waals surface area contributed by atoms with Gasteiger partial charge >= 0.3 is 0 Å². The molecule has 0 bridgehead atoms. The molecular weight excluding hydrogens is 452 g/mol. The van der Waals surface area contributed by atoms with Gasteiger partial charge in [-0.25, -0.2) is 8.42 Å². The Labute approximate surface area is 203 Å². The van der Waals surface area contributed by atoms with Gasteiger partial charge in [0.05, 0.1) is 25.0 Å². The third-order valence-electron chi connectivity index (χ3n) is 5.78. The zero-order chi connectivity index (χ0) is 25.3. The van der Waals surface area contributed by atoms with Gasteiger partial charge in [-0.3, -0.25) is 9.10 Å². The van der Waals surface area contributed by atoms with Crippen molar-refractivity contribution in [1.82, 2.24) is 5.32 Å². The van der Waals surface area contributed by atoms with Gasteiger partial charge < -0.3 is 14.8 Å². The number of nitrogens with zero attached hydrogens (tertiary/aromatic N) is 1. The highest BCUT2D eigenvalue weighted by atomic mass is 32.2. The summed E-state index contributed by atoms with van der Waals surface area (Å²) in [4.78, 5) is 12.8. The lowest BCUT2D eigenvalue weighted by Gasteiger charge is -2.35. The molecule has 0 fully saturated rings. The van der Waals surface area contributed by atoms with Gasteiger partial charge in [-0.15, -0.1) is 0 Å². The zero-order valence-electron chi connectivity index (χ0n) is 21.1. The molecule has 1 aliphatic heterocycles. The Morgan fingerprint density at radius 3 is 2.18 bits per heavy atom. The fourth-order valence-electron chi connectivity index (χ4n) is 3.68. The van der Waals surface area contributed by atoms with Crippen molar-refractivity contribution in [2.24, 2.45) is 0 Å². The van der Waals surface area contributed by atoms with Gasteiger partial charge in [-0.2, -0.15) is 0 Å². The molecule has 7 nitrogen and oxygen atoms in total. The van der Waals surface area contributed by atoms with Crippen LogP contribution in [0.5, 0.6) is 11.5 Å². The quantitative estimate of drug-likeness (QED) is 0.621. The third-order valence-corrected chi connectivity index (χ3v) is 6.92. The van der Waals surface area contributed by atoms with E-state index in [0.717, 1.165) is 17.6 Å². The molecule has 1 amide bonds. The van der Waals surface area contributed by atoms with Crippen LogP contribution < -0.4 is 19.1 Å². The van der Waals surface area contributed by atoms with Crippen LogP contribution in [0.4, 0.5) is 5.69 Å². The number of carbonyl (C=O) groups excluding carboxylic acids is 1. The molecule has 1 atom stereocenters. The number of carbonyl (C=O) groups is 1. The van der Waals surface area contributed by atoms with Crippen molar-refractivity contribution in [2.75, 3.05) is 30.3 Å². The van der Waals surface area contributed by atoms with Crippen LogP contribution in [0.3, 0.4) is 0 Å². The number of anilines is 1. The highest BCUT2D eigenvalue weighted by Crippen LogP contribution is 2.38. The van der Waals surface area contributed by atoms with Gasteiger partial charge in [-0.05, 0) is 46.2 Å². The average Bonchev–Trinajstić information content (AvgIpc) is 2.73.